The van der Waals surface area contributed by atoms with Crippen molar-refractivity contribution in [3.63, 3.8) is 0 Å². The molecule has 0 saturated heterocycles. The van der Waals surface area contributed by atoms with E-state index in [1.54, 1.807) is 0 Å². The minimum atomic E-state index is -5.83. The predicted molar refractivity (Wildman–Crippen MR) is 70.4 cm³/mol. The van der Waals surface area contributed by atoms with Crippen molar-refractivity contribution in [2.75, 3.05) is 7.11 Å². The van der Waals surface area contributed by atoms with Gasteiger partial charge in [0.25, 0.3) is 0 Å². The highest BCUT2D eigenvalue weighted by molar-refractivity contribution is 7.88. The highest BCUT2D eigenvalue weighted by Gasteiger charge is 2.49. The minimum Gasteiger partial charge on any atom is -0.497 e. The summed E-state index contributed by atoms with van der Waals surface area (Å²) in [5.74, 6) is -0.777. The van der Waals surface area contributed by atoms with Gasteiger partial charge in [0.1, 0.15) is 5.75 Å². The number of halogens is 3. The molecule has 2 aromatic rings. The number of fused-ring (bicyclic) bond motifs is 1. The second kappa shape index (κ2) is 5.20. The van der Waals surface area contributed by atoms with E-state index in [1.165, 1.54) is 32.2 Å². The summed E-state index contributed by atoms with van der Waals surface area (Å²) in [5.41, 5.74) is -5.40. The molecule has 0 bridgehead atoms. The smallest absolute Gasteiger partial charge is 0.497 e. The Labute approximate surface area is 123 Å². The maximum atomic E-state index is 12.4. The van der Waals surface area contributed by atoms with Crippen LogP contribution in [-0.2, 0) is 10.1 Å². The molecule has 0 aliphatic heterocycles. The van der Waals surface area contributed by atoms with Gasteiger partial charge in [-0.2, -0.15) is 21.6 Å². The topological polar surface area (TPSA) is 74.6 Å². The molecule has 22 heavy (non-hydrogen) atoms. The van der Waals surface area contributed by atoms with Gasteiger partial charge >= 0.3 is 15.6 Å². The zero-order chi connectivity index (χ0) is 16.7. The summed E-state index contributed by atoms with van der Waals surface area (Å²) >= 11 is 0. The first kappa shape index (κ1) is 16.1. The SMILES string of the molecule is COc1ccc2c(OS(=O)(=O)C(F)(F)F)cn(C(C)=O)c2c1. The number of nitrogens with zero attached hydrogens (tertiary/aromatic N) is 1. The van der Waals surface area contributed by atoms with E-state index in [2.05, 4.69) is 4.18 Å². The molecular formula is C12H10F3NO5S. The van der Waals surface area contributed by atoms with Crippen LogP contribution in [0.5, 0.6) is 11.5 Å². The number of rotatable bonds is 3. The molecule has 1 aromatic heterocycles. The second-order valence-electron chi connectivity index (χ2n) is 4.25. The average Bonchev–Trinajstić information content (AvgIpc) is 2.75. The lowest BCUT2D eigenvalue weighted by molar-refractivity contribution is -0.0499. The molecule has 10 heteroatoms. The van der Waals surface area contributed by atoms with Gasteiger partial charge in [0.2, 0.25) is 5.91 Å². The molecule has 0 radical (unpaired) electrons. The Kier molecular flexibility index (Phi) is 3.81. The van der Waals surface area contributed by atoms with Crippen LogP contribution in [-0.4, -0.2) is 31.5 Å². The van der Waals surface area contributed by atoms with Gasteiger partial charge in [0, 0.05) is 18.4 Å². The lowest BCUT2D eigenvalue weighted by Gasteiger charge is -2.08. The van der Waals surface area contributed by atoms with Gasteiger partial charge in [0.15, 0.2) is 5.75 Å². The summed E-state index contributed by atoms with van der Waals surface area (Å²) in [7, 11) is -4.46. The van der Waals surface area contributed by atoms with Gasteiger partial charge in [-0.1, -0.05) is 0 Å². The van der Waals surface area contributed by atoms with Crippen molar-refractivity contribution >= 4 is 26.9 Å². The summed E-state index contributed by atoms with van der Waals surface area (Å²) in [6, 6.07) is 4.08. The molecule has 0 amide bonds. The van der Waals surface area contributed by atoms with Crippen LogP contribution in [0.3, 0.4) is 0 Å². The molecule has 0 spiro atoms. The van der Waals surface area contributed by atoms with E-state index < -0.39 is 27.3 Å². The quantitative estimate of drug-likeness (QED) is 0.635. The molecule has 1 heterocycles. The second-order valence-corrected chi connectivity index (χ2v) is 5.79. The molecule has 0 N–H and O–H groups in total. The van der Waals surface area contributed by atoms with E-state index in [9.17, 15) is 26.4 Å². The Morgan fingerprint density at radius 3 is 2.41 bits per heavy atom. The maximum absolute atomic E-state index is 12.4. The summed E-state index contributed by atoms with van der Waals surface area (Å²) in [6.07, 6.45) is 0.885. The number of hydrogen-bond donors (Lipinski definition) is 0. The Balaban J connectivity index is 2.63. The van der Waals surface area contributed by atoms with Crippen LogP contribution in [0.25, 0.3) is 10.9 Å². The van der Waals surface area contributed by atoms with Crippen molar-refractivity contribution in [3.8, 4) is 11.5 Å². The molecule has 0 atom stereocenters. The van der Waals surface area contributed by atoms with Crippen LogP contribution in [0.15, 0.2) is 24.4 Å². The third-order valence-corrected chi connectivity index (χ3v) is 3.76. The van der Waals surface area contributed by atoms with Crippen LogP contribution in [0.4, 0.5) is 13.2 Å². The Bertz CT molecular complexity index is 838. The summed E-state index contributed by atoms with van der Waals surface area (Å²) in [6.45, 7) is 1.17. The summed E-state index contributed by atoms with van der Waals surface area (Å²) < 4.78 is 69.4. The van der Waals surface area contributed by atoms with Gasteiger partial charge in [-0.3, -0.25) is 9.36 Å². The van der Waals surface area contributed by atoms with Gasteiger partial charge in [-0.15, -0.1) is 0 Å². The highest BCUT2D eigenvalue weighted by Crippen LogP contribution is 2.34. The first-order chi connectivity index (χ1) is 10.1. The Hall–Kier alpha value is -2.23. The van der Waals surface area contributed by atoms with Crippen LogP contribution < -0.4 is 8.92 Å². The lowest BCUT2D eigenvalue weighted by Crippen LogP contribution is -2.28. The van der Waals surface area contributed by atoms with Crippen molar-refractivity contribution in [2.45, 2.75) is 12.4 Å². The number of carbonyl (C=O) groups is 1. The molecular weight excluding hydrogens is 327 g/mol. The first-order valence-corrected chi connectivity index (χ1v) is 7.18. The third kappa shape index (κ3) is 2.73. The van der Waals surface area contributed by atoms with E-state index in [4.69, 9.17) is 4.74 Å². The van der Waals surface area contributed by atoms with E-state index in [1.807, 2.05) is 0 Å². The fraction of sp³-hybridized carbons (Fsp3) is 0.250. The molecule has 2 rings (SSSR count). The highest BCUT2D eigenvalue weighted by atomic mass is 32.2. The van der Waals surface area contributed by atoms with Crippen molar-refractivity contribution in [1.82, 2.24) is 4.57 Å². The van der Waals surface area contributed by atoms with Crippen LogP contribution in [0, 0.1) is 0 Å². The average molecular weight is 337 g/mol. The Morgan fingerprint density at radius 2 is 1.91 bits per heavy atom. The molecule has 0 saturated carbocycles. The van der Waals surface area contributed by atoms with E-state index in [-0.39, 0.29) is 10.9 Å². The number of hydrogen-bond acceptors (Lipinski definition) is 5. The number of carbonyl (C=O) groups excluding carboxylic acids is 1. The standard InChI is InChI=1S/C12H10F3NO5S/c1-7(17)16-6-11(21-22(18,19)12(13,14)15)9-4-3-8(20-2)5-10(9)16/h3-6H,1-2H3. The van der Waals surface area contributed by atoms with Crippen LogP contribution in [0.2, 0.25) is 0 Å². The number of aromatic nitrogens is 1. The number of alkyl halides is 3. The number of methoxy groups -OCH3 is 1. The summed E-state index contributed by atoms with van der Waals surface area (Å²) in [5, 5.41) is 0.0313. The zero-order valence-corrected chi connectivity index (χ0v) is 12.2. The molecule has 0 unspecified atom stereocenters. The molecule has 0 aliphatic carbocycles. The maximum Gasteiger partial charge on any atom is 0.534 e. The fourth-order valence-corrected chi connectivity index (χ4v) is 2.26. The van der Waals surface area contributed by atoms with Crippen molar-refractivity contribution in [1.29, 1.82) is 0 Å². The Morgan fingerprint density at radius 1 is 1.27 bits per heavy atom. The number of benzene rings is 1. The molecule has 120 valence electrons. The van der Waals surface area contributed by atoms with Crippen molar-refractivity contribution < 1.29 is 35.3 Å². The van der Waals surface area contributed by atoms with Gasteiger partial charge in [-0.25, -0.2) is 0 Å². The van der Waals surface area contributed by atoms with Crippen LogP contribution >= 0.6 is 0 Å². The van der Waals surface area contributed by atoms with Crippen molar-refractivity contribution in [2.24, 2.45) is 0 Å². The fourth-order valence-electron chi connectivity index (χ4n) is 1.79. The van der Waals surface area contributed by atoms with Gasteiger partial charge in [-0.05, 0) is 12.1 Å². The first-order valence-electron chi connectivity index (χ1n) is 5.77. The molecule has 1 aromatic carbocycles. The van der Waals surface area contributed by atoms with Crippen molar-refractivity contribution in [3.05, 3.63) is 24.4 Å². The monoisotopic (exact) mass is 337 g/mol. The van der Waals surface area contributed by atoms with E-state index >= 15 is 0 Å². The van der Waals surface area contributed by atoms with Crippen LogP contribution in [0.1, 0.15) is 11.7 Å². The summed E-state index contributed by atoms with van der Waals surface area (Å²) in [4.78, 5) is 11.5. The van der Waals surface area contributed by atoms with Gasteiger partial charge in [0.05, 0.1) is 18.8 Å². The zero-order valence-electron chi connectivity index (χ0n) is 11.3. The third-order valence-electron chi connectivity index (χ3n) is 2.80. The normalized spacial score (nSPS) is 12.4. The number of ether oxygens (including phenoxy) is 1. The minimum absolute atomic E-state index is 0.0313. The van der Waals surface area contributed by atoms with E-state index in [0.29, 0.717) is 5.75 Å². The predicted octanol–water partition coefficient (Wildman–Crippen LogP) is 2.54. The molecule has 0 aliphatic rings. The van der Waals surface area contributed by atoms with E-state index in [0.717, 1.165) is 10.8 Å². The molecule has 0 fully saturated rings. The lowest BCUT2D eigenvalue weighted by atomic mass is 10.2. The van der Waals surface area contributed by atoms with Gasteiger partial charge < -0.3 is 8.92 Å². The largest absolute Gasteiger partial charge is 0.534 e. The molecule has 6 nitrogen and oxygen atoms in total.